The Morgan fingerprint density at radius 1 is 1.06 bits per heavy atom. The van der Waals surface area contributed by atoms with Crippen LogP contribution >= 0.6 is 0 Å². The monoisotopic (exact) mass is 232 g/mol. The van der Waals surface area contributed by atoms with Crippen LogP contribution in [0.5, 0.6) is 0 Å². The zero-order valence-corrected chi connectivity index (χ0v) is 11.1. The molecule has 0 bridgehead atoms. The first kappa shape index (κ1) is 12.4. The summed E-state index contributed by atoms with van der Waals surface area (Å²) in [4.78, 5) is 2.50. The van der Waals surface area contributed by atoms with Crippen LogP contribution in [-0.2, 0) is 6.54 Å². The molecule has 1 fully saturated rings. The molecule has 0 amide bonds. The maximum atomic E-state index is 3.45. The Labute approximate surface area is 105 Å². The standard InChI is InChI=1S/C15H24N2/c1-13(2)16-12-14-6-8-15(9-7-14)17-10-4-3-5-11-17/h6-9,13,16H,3-5,10-12H2,1-2H3. The third-order valence-corrected chi connectivity index (χ3v) is 3.37. The van der Waals surface area contributed by atoms with E-state index >= 15 is 0 Å². The van der Waals surface area contributed by atoms with Gasteiger partial charge in [-0.2, -0.15) is 0 Å². The lowest BCUT2D eigenvalue weighted by Crippen LogP contribution is -2.29. The predicted molar refractivity (Wildman–Crippen MR) is 74.5 cm³/mol. The third kappa shape index (κ3) is 3.74. The average molecular weight is 232 g/mol. The molecule has 2 rings (SSSR count). The lowest BCUT2D eigenvalue weighted by atomic mass is 10.1. The topological polar surface area (TPSA) is 15.3 Å². The Morgan fingerprint density at radius 2 is 1.71 bits per heavy atom. The number of hydrogen-bond donors (Lipinski definition) is 1. The van der Waals surface area contributed by atoms with Crippen LogP contribution in [-0.4, -0.2) is 19.1 Å². The molecule has 2 nitrogen and oxygen atoms in total. The van der Waals surface area contributed by atoms with Gasteiger partial charge in [-0.3, -0.25) is 0 Å². The molecule has 0 saturated carbocycles. The Bertz CT molecular complexity index is 323. The van der Waals surface area contributed by atoms with Crippen LogP contribution in [0, 0.1) is 0 Å². The number of hydrogen-bond acceptors (Lipinski definition) is 2. The van der Waals surface area contributed by atoms with Crippen molar-refractivity contribution in [1.29, 1.82) is 0 Å². The summed E-state index contributed by atoms with van der Waals surface area (Å²) in [5.41, 5.74) is 2.76. The van der Waals surface area contributed by atoms with Crippen molar-refractivity contribution in [2.75, 3.05) is 18.0 Å². The molecule has 0 aliphatic carbocycles. The molecule has 0 unspecified atom stereocenters. The van der Waals surface area contributed by atoms with Gasteiger partial charge < -0.3 is 10.2 Å². The molecule has 2 heteroatoms. The second-order valence-corrected chi connectivity index (χ2v) is 5.25. The first-order valence-electron chi connectivity index (χ1n) is 6.83. The van der Waals surface area contributed by atoms with E-state index in [-0.39, 0.29) is 0 Å². The smallest absolute Gasteiger partial charge is 0.0366 e. The minimum atomic E-state index is 0.553. The molecule has 1 aliphatic rings. The highest BCUT2D eigenvalue weighted by molar-refractivity contribution is 5.47. The van der Waals surface area contributed by atoms with E-state index in [2.05, 4.69) is 48.3 Å². The second-order valence-electron chi connectivity index (χ2n) is 5.25. The number of nitrogens with one attached hydrogen (secondary N) is 1. The molecule has 0 aromatic heterocycles. The predicted octanol–water partition coefficient (Wildman–Crippen LogP) is 3.17. The summed E-state index contributed by atoms with van der Waals surface area (Å²) >= 11 is 0. The van der Waals surface area contributed by atoms with E-state index in [1.54, 1.807) is 0 Å². The number of rotatable bonds is 4. The largest absolute Gasteiger partial charge is 0.372 e. The fraction of sp³-hybridized carbons (Fsp3) is 0.600. The Kier molecular flexibility index (Phi) is 4.43. The van der Waals surface area contributed by atoms with Crippen molar-refractivity contribution >= 4 is 5.69 Å². The highest BCUT2D eigenvalue weighted by atomic mass is 15.1. The maximum Gasteiger partial charge on any atom is 0.0366 e. The van der Waals surface area contributed by atoms with Gasteiger partial charge in [0.05, 0.1) is 0 Å². The zero-order chi connectivity index (χ0) is 12.1. The van der Waals surface area contributed by atoms with Gasteiger partial charge in [0.2, 0.25) is 0 Å². The van der Waals surface area contributed by atoms with Gasteiger partial charge in [-0.1, -0.05) is 26.0 Å². The minimum absolute atomic E-state index is 0.553. The highest BCUT2D eigenvalue weighted by Crippen LogP contribution is 2.20. The molecule has 0 radical (unpaired) electrons. The highest BCUT2D eigenvalue weighted by Gasteiger charge is 2.10. The van der Waals surface area contributed by atoms with Crippen molar-refractivity contribution in [1.82, 2.24) is 5.32 Å². The van der Waals surface area contributed by atoms with Crippen molar-refractivity contribution in [3.05, 3.63) is 29.8 Å². The van der Waals surface area contributed by atoms with Gasteiger partial charge in [0.15, 0.2) is 0 Å². The van der Waals surface area contributed by atoms with E-state index in [4.69, 9.17) is 0 Å². The molecule has 1 N–H and O–H groups in total. The average Bonchev–Trinajstić information content (AvgIpc) is 2.38. The second kappa shape index (κ2) is 6.06. The van der Waals surface area contributed by atoms with Crippen LogP contribution in [0.15, 0.2) is 24.3 Å². The van der Waals surface area contributed by atoms with Gasteiger partial charge in [-0.15, -0.1) is 0 Å². The van der Waals surface area contributed by atoms with E-state index < -0.39 is 0 Å². The molecule has 0 atom stereocenters. The van der Waals surface area contributed by atoms with Crippen molar-refractivity contribution in [3.8, 4) is 0 Å². The number of benzene rings is 1. The van der Waals surface area contributed by atoms with Crippen LogP contribution in [0.25, 0.3) is 0 Å². The molecule has 17 heavy (non-hydrogen) atoms. The first-order valence-corrected chi connectivity index (χ1v) is 6.83. The van der Waals surface area contributed by atoms with Crippen LogP contribution < -0.4 is 10.2 Å². The maximum absolute atomic E-state index is 3.45. The molecular formula is C15H24N2. The molecule has 1 aromatic rings. The molecule has 0 spiro atoms. The summed E-state index contributed by atoms with van der Waals surface area (Å²) in [5, 5.41) is 3.45. The summed E-state index contributed by atoms with van der Waals surface area (Å²) in [5.74, 6) is 0. The number of anilines is 1. The molecule has 1 saturated heterocycles. The lowest BCUT2D eigenvalue weighted by Gasteiger charge is -2.28. The number of nitrogens with zero attached hydrogens (tertiary/aromatic N) is 1. The van der Waals surface area contributed by atoms with Gasteiger partial charge in [-0.25, -0.2) is 0 Å². The van der Waals surface area contributed by atoms with Gasteiger partial charge in [0.25, 0.3) is 0 Å². The summed E-state index contributed by atoms with van der Waals surface area (Å²) in [7, 11) is 0. The van der Waals surface area contributed by atoms with E-state index in [0.29, 0.717) is 6.04 Å². The van der Waals surface area contributed by atoms with Crippen LogP contribution in [0.3, 0.4) is 0 Å². The fourth-order valence-electron chi connectivity index (χ4n) is 2.30. The minimum Gasteiger partial charge on any atom is -0.372 e. The summed E-state index contributed by atoms with van der Waals surface area (Å²) < 4.78 is 0. The molecular weight excluding hydrogens is 208 g/mol. The van der Waals surface area contributed by atoms with E-state index in [1.807, 2.05) is 0 Å². The summed E-state index contributed by atoms with van der Waals surface area (Å²) in [6.07, 6.45) is 4.08. The van der Waals surface area contributed by atoms with Gasteiger partial charge in [-0.05, 0) is 37.0 Å². The van der Waals surface area contributed by atoms with Crippen molar-refractivity contribution < 1.29 is 0 Å². The van der Waals surface area contributed by atoms with Gasteiger partial charge in [0, 0.05) is 31.4 Å². The van der Waals surface area contributed by atoms with E-state index in [9.17, 15) is 0 Å². The first-order chi connectivity index (χ1) is 8.25. The third-order valence-electron chi connectivity index (χ3n) is 3.37. The molecule has 1 aliphatic heterocycles. The van der Waals surface area contributed by atoms with E-state index in [1.165, 1.54) is 43.6 Å². The van der Waals surface area contributed by atoms with Gasteiger partial charge in [0.1, 0.15) is 0 Å². The Balaban J connectivity index is 1.92. The SMILES string of the molecule is CC(C)NCc1ccc(N2CCCCC2)cc1. The summed E-state index contributed by atoms with van der Waals surface area (Å²) in [6.45, 7) is 7.79. The quantitative estimate of drug-likeness (QED) is 0.857. The Morgan fingerprint density at radius 3 is 2.29 bits per heavy atom. The van der Waals surface area contributed by atoms with E-state index in [0.717, 1.165) is 6.54 Å². The molecule has 1 heterocycles. The van der Waals surface area contributed by atoms with Gasteiger partial charge >= 0.3 is 0 Å². The lowest BCUT2D eigenvalue weighted by molar-refractivity contribution is 0.577. The summed E-state index contributed by atoms with van der Waals surface area (Å²) in [6, 6.07) is 9.58. The van der Waals surface area contributed by atoms with Crippen LogP contribution in [0.4, 0.5) is 5.69 Å². The molecule has 1 aromatic carbocycles. The van der Waals surface area contributed by atoms with Crippen LogP contribution in [0.1, 0.15) is 38.7 Å². The normalized spacial score (nSPS) is 16.5. The van der Waals surface area contributed by atoms with Crippen molar-refractivity contribution in [2.45, 2.75) is 45.7 Å². The van der Waals surface area contributed by atoms with Crippen molar-refractivity contribution in [2.24, 2.45) is 0 Å². The van der Waals surface area contributed by atoms with Crippen molar-refractivity contribution in [3.63, 3.8) is 0 Å². The van der Waals surface area contributed by atoms with Crippen LogP contribution in [0.2, 0.25) is 0 Å². The zero-order valence-electron chi connectivity index (χ0n) is 11.1. The number of piperidine rings is 1. The fourth-order valence-corrected chi connectivity index (χ4v) is 2.30. The Hall–Kier alpha value is -1.02. The molecule has 94 valence electrons.